The number of fused-ring (bicyclic) bond motifs is 1. The number of rotatable bonds is 4. The molecule has 0 unspecified atom stereocenters. The summed E-state index contributed by atoms with van der Waals surface area (Å²) < 4.78 is 51.8. The van der Waals surface area contributed by atoms with Crippen molar-refractivity contribution in [3.05, 3.63) is 12.1 Å². The van der Waals surface area contributed by atoms with Crippen molar-refractivity contribution >= 4 is 5.69 Å². The third-order valence-electron chi connectivity index (χ3n) is 2.54. The summed E-state index contributed by atoms with van der Waals surface area (Å²) in [4.78, 5) is 0. The fourth-order valence-electron chi connectivity index (χ4n) is 1.67. The SMILES string of the molecule is Nc1cc2c(cc1OCCCC(F)(F)F)OCCO2. The van der Waals surface area contributed by atoms with Gasteiger partial charge in [-0.05, 0) is 6.42 Å². The van der Waals surface area contributed by atoms with E-state index in [-0.39, 0.29) is 13.0 Å². The highest BCUT2D eigenvalue weighted by atomic mass is 19.4. The van der Waals surface area contributed by atoms with E-state index in [0.717, 1.165) is 0 Å². The molecule has 0 bridgehead atoms. The Morgan fingerprint density at radius 1 is 1.16 bits per heavy atom. The van der Waals surface area contributed by atoms with Gasteiger partial charge in [0.2, 0.25) is 0 Å². The van der Waals surface area contributed by atoms with Gasteiger partial charge in [0, 0.05) is 18.6 Å². The molecule has 0 fully saturated rings. The molecule has 1 aromatic rings. The summed E-state index contributed by atoms with van der Waals surface area (Å²) in [7, 11) is 0. The average Bonchev–Trinajstić information content (AvgIpc) is 2.33. The summed E-state index contributed by atoms with van der Waals surface area (Å²) in [5.74, 6) is 1.32. The van der Waals surface area contributed by atoms with Crippen LogP contribution in [0.15, 0.2) is 12.1 Å². The van der Waals surface area contributed by atoms with Crippen LogP contribution < -0.4 is 19.9 Å². The summed E-state index contributed by atoms with van der Waals surface area (Å²) in [6, 6.07) is 3.09. The lowest BCUT2D eigenvalue weighted by atomic mass is 10.2. The molecule has 0 amide bonds. The topological polar surface area (TPSA) is 53.7 Å². The predicted octanol–water partition coefficient (Wildman–Crippen LogP) is 2.76. The van der Waals surface area contributed by atoms with E-state index in [2.05, 4.69) is 0 Å². The summed E-state index contributed by atoms with van der Waals surface area (Å²) in [6.07, 6.45) is -5.16. The number of alkyl halides is 3. The summed E-state index contributed by atoms with van der Waals surface area (Å²) >= 11 is 0. The first-order valence-electron chi connectivity index (χ1n) is 5.84. The van der Waals surface area contributed by atoms with E-state index >= 15 is 0 Å². The van der Waals surface area contributed by atoms with E-state index in [9.17, 15) is 13.2 Å². The van der Waals surface area contributed by atoms with Crippen LogP contribution in [0.4, 0.5) is 18.9 Å². The molecule has 1 aliphatic rings. The molecular formula is C12H14F3NO3. The standard InChI is InChI=1S/C12H14F3NO3/c13-12(14,15)2-1-3-17-9-7-11-10(6-8(9)16)18-4-5-19-11/h6-7H,1-5,16H2. The maximum Gasteiger partial charge on any atom is 0.389 e. The molecule has 1 heterocycles. The van der Waals surface area contributed by atoms with Crippen molar-refractivity contribution in [2.45, 2.75) is 19.0 Å². The molecule has 19 heavy (non-hydrogen) atoms. The minimum atomic E-state index is -4.16. The Morgan fingerprint density at radius 3 is 2.42 bits per heavy atom. The molecule has 0 spiro atoms. The van der Waals surface area contributed by atoms with E-state index in [1.807, 2.05) is 0 Å². The largest absolute Gasteiger partial charge is 0.491 e. The monoisotopic (exact) mass is 277 g/mol. The fraction of sp³-hybridized carbons (Fsp3) is 0.500. The molecule has 2 N–H and O–H groups in total. The van der Waals surface area contributed by atoms with Crippen molar-refractivity contribution in [1.29, 1.82) is 0 Å². The van der Waals surface area contributed by atoms with Crippen LogP contribution in [-0.2, 0) is 0 Å². The first-order valence-corrected chi connectivity index (χ1v) is 5.84. The molecule has 2 rings (SSSR count). The van der Waals surface area contributed by atoms with Gasteiger partial charge in [-0.3, -0.25) is 0 Å². The molecule has 106 valence electrons. The fourth-order valence-corrected chi connectivity index (χ4v) is 1.67. The third-order valence-corrected chi connectivity index (χ3v) is 2.54. The van der Waals surface area contributed by atoms with Gasteiger partial charge in [0.1, 0.15) is 19.0 Å². The first-order chi connectivity index (χ1) is 8.96. The van der Waals surface area contributed by atoms with Gasteiger partial charge in [0.15, 0.2) is 11.5 Å². The Balaban J connectivity index is 1.93. The van der Waals surface area contributed by atoms with Gasteiger partial charge in [-0.1, -0.05) is 0 Å². The van der Waals surface area contributed by atoms with E-state index in [4.69, 9.17) is 19.9 Å². The maximum absolute atomic E-state index is 12.0. The highest BCUT2D eigenvalue weighted by Gasteiger charge is 2.26. The second-order valence-corrected chi connectivity index (χ2v) is 4.10. The first kappa shape index (κ1) is 13.6. The number of benzene rings is 1. The molecular weight excluding hydrogens is 263 g/mol. The van der Waals surface area contributed by atoms with Gasteiger partial charge in [0.05, 0.1) is 12.3 Å². The zero-order valence-electron chi connectivity index (χ0n) is 10.1. The van der Waals surface area contributed by atoms with E-state index in [1.165, 1.54) is 6.07 Å². The van der Waals surface area contributed by atoms with Crippen LogP contribution in [0.2, 0.25) is 0 Å². The summed E-state index contributed by atoms with van der Waals surface area (Å²) in [5, 5.41) is 0. The molecule has 7 heteroatoms. The van der Waals surface area contributed by atoms with Crippen LogP contribution in [0.1, 0.15) is 12.8 Å². The van der Waals surface area contributed by atoms with Crippen molar-refractivity contribution in [2.75, 3.05) is 25.6 Å². The van der Waals surface area contributed by atoms with Gasteiger partial charge in [-0.25, -0.2) is 0 Å². The lowest BCUT2D eigenvalue weighted by Crippen LogP contribution is -2.16. The van der Waals surface area contributed by atoms with Gasteiger partial charge < -0.3 is 19.9 Å². The normalized spacial score (nSPS) is 14.3. The number of hydrogen-bond donors (Lipinski definition) is 1. The molecule has 4 nitrogen and oxygen atoms in total. The van der Waals surface area contributed by atoms with Gasteiger partial charge in [0.25, 0.3) is 0 Å². The highest BCUT2D eigenvalue weighted by Crippen LogP contribution is 2.38. The molecule has 0 aliphatic carbocycles. The lowest BCUT2D eigenvalue weighted by Gasteiger charge is -2.20. The number of nitrogens with two attached hydrogens (primary N) is 1. The van der Waals surface area contributed by atoms with Crippen molar-refractivity contribution < 1.29 is 27.4 Å². The average molecular weight is 277 g/mol. The van der Waals surface area contributed by atoms with E-state index in [1.54, 1.807) is 6.07 Å². The number of nitrogen functional groups attached to an aromatic ring is 1. The summed E-state index contributed by atoms with van der Waals surface area (Å²) in [6.45, 7) is 0.812. The minimum absolute atomic E-state index is 0.0522. The third kappa shape index (κ3) is 3.84. The second-order valence-electron chi connectivity index (χ2n) is 4.10. The Morgan fingerprint density at radius 2 is 1.79 bits per heavy atom. The molecule has 1 aliphatic heterocycles. The predicted molar refractivity (Wildman–Crippen MR) is 62.6 cm³/mol. The number of ether oxygens (including phenoxy) is 3. The molecule has 0 aromatic heterocycles. The van der Waals surface area contributed by atoms with Crippen LogP contribution in [0.25, 0.3) is 0 Å². The van der Waals surface area contributed by atoms with Crippen LogP contribution in [0.5, 0.6) is 17.2 Å². The van der Waals surface area contributed by atoms with Gasteiger partial charge in [-0.2, -0.15) is 13.2 Å². The number of hydrogen-bond acceptors (Lipinski definition) is 4. The zero-order chi connectivity index (χ0) is 13.9. The minimum Gasteiger partial charge on any atom is -0.491 e. The molecule has 0 radical (unpaired) electrons. The van der Waals surface area contributed by atoms with Crippen LogP contribution in [-0.4, -0.2) is 26.0 Å². The molecule has 1 aromatic carbocycles. The zero-order valence-corrected chi connectivity index (χ0v) is 10.1. The molecule has 0 atom stereocenters. The number of anilines is 1. The highest BCUT2D eigenvalue weighted by molar-refractivity contribution is 5.62. The van der Waals surface area contributed by atoms with Gasteiger partial charge in [-0.15, -0.1) is 0 Å². The van der Waals surface area contributed by atoms with Crippen molar-refractivity contribution in [2.24, 2.45) is 0 Å². The second kappa shape index (κ2) is 5.46. The maximum atomic E-state index is 12.0. The Hall–Kier alpha value is -1.79. The summed E-state index contributed by atoms with van der Waals surface area (Å²) in [5.41, 5.74) is 6.05. The molecule has 0 saturated carbocycles. The van der Waals surface area contributed by atoms with Gasteiger partial charge >= 0.3 is 6.18 Å². The quantitative estimate of drug-likeness (QED) is 0.679. The number of halogens is 3. The van der Waals surface area contributed by atoms with E-state index < -0.39 is 12.6 Å². The van der Waals surface area contributed by atoms with E-state index in [0.29, 0.717) is 36.1 Å². The smallest absolute Gasteiger partial charge is 0.389 e. The van der Waals surface area contributed by atoms with Crippen molar-refractivity contribution in [3.8, 4) is 17.2 Å². The Bertz CT molecular complexity index is 449. The van der Waals surface area contributed by atoms with Crippen LogP contribution in [0.3, 0.4) is 0 Å². The van der Waals surface area contributed by atoms with Crippen molar-refractivity contribution in [1.82, 2.24) is 0 Å². The Kier molecular flexibility index (Phi) is 3.92. The van der Waals surface area contributed by atoms with Crippen LogP contribution in [0, 0.1) is 0 Å². The van der Waals surface area contributed by atoms with Crippen molar-refractivity contribution in [3.63, 3.8) is 0 Å². The van der Waals surface area contributed by atoms with Crippen LogP contribution >= 0.6 is 0 Å². The Labute approximate surface area is 108 Å². The lowest BCUT2D eigenvalue weighted by molar-refractivity contribution is -0.136. The molecule has 0 saturated heterocycles.